The van der Waals surface area contributed by atoms with E-state index in [1.807, 2.05) is 48.5 Å². The summed E-state index contributed by atoms with van der Waals surface area (Å²) in [6.07, 6.45) is -1.35. The lowest BCUT2D eigenvalue weighted by Crippen LogP contribution is -2.43. The first kappa shape index (κ1) is 26.7. The van der Waals surface area contributed by atoms with E-state index in [9.17, 15) is 19.5 Å². The van der Waals surface area contributed by atoms with E-state index in [0.717, 1.165) is 27.8 Å². The standard InChI is InChI=1S/C30H32N2O6/c1-30(2,3)38-28(35)31-17-20-11-5-4-10-19(20)16-26(27(33)34)32-29(36)37-18-25-23-14-8-6-12-21(23)22-13-7-9-15-24(22)25/h4-15,25-26H,16-18H2,1-3H3,(H,31,35)(H,32,36)(H,33,34). The van der Waals surface area contributed by atoms with Gasteiger partial charge in [0.05, 0.1) is 0 Å². The molecular formula is C30H32N2O6. The van der Waals surface area contributed by atoms with Crippen LogP contribution in [0.4, 0.5) is 9.59 Å². The minimum atomic E-state index is -1.21. The third-order valence-corrected chi connectivity index (χ3v) is 6.30. The monoisotopic (exact) mass is 516 g/mol. The number of carbonyl (C=O) groups is 3. The number of rotatable bonds is 8. The predicted octanol–water partition coefficient (Wildman–Crippen LogP) is 5.25. The highest BCUT2D eigenvalue weighted by molar-refractivity contribution is 5.81. The highest BCUT2D eigenvalue weighted by atomic mass is 16.6. The fraction of sp³-hybridized carbons (Fsp3) is 0.300. The van der Waals surface area contributed by atoms with Gasteiger partial charge in [-0.25, -0.2) is 14.4 Å². The van der Waals surface area contributed by atoms with E-state index in [4.69, 9.17) is 9.47 Å². The molecule has 4 rings (SSSR count). The second-order valence-corrected chi connectivity index (χ2v) is 10.2. The molecule has 2 amide bonds. The molecule has 3 N–H and O–H groups in total. The van der Waals surface area contributed by atoms with Crippen molar-refractivity contribution in [1.29, 1.82) is 0 Å². The maximum Gasteiger partial charge on any atom is 0.407 e. The van der Waals surface area contributed by atoms with Gasteiger partial charge in [-0.1, -0.05) is 72.8 Å². The zero-order chi connectivity index (χ0) is 27.3. The Balaban J connectivity index is 1.39. The van der Waals surface area contributed by atoms with Crippen molar-refractivity contribution < 1.29 is 29.0 Å². The van der Waals surface area contributed by atoms with E-state index in [1.54, 1.807) is 45.0 Å². The van der Waals surface area contributed by atoms with Crippen molar-refractivity contribution in [3.05, 3.63) is 95.1 Å². The highest BCUT2D eigenvalue weighted by Gasteiger charge is 2.30. The molecule has 0 aliphatic heterocycles. The molecule has 3 aromatic rings. The van der Waals surface area contributed by atoms with Crippen molar-refractivity contribution >= 4 is 18.2 Å². The number of ether oxygens (including phenoxy) is 2. The molecule has 0 heterocycles. The second kappa shape index (κ2) is 11.4. The molecule has 0 bridgehead atoms. The number of carbonyl (C=O) groups excluding carboxylic acids is 2. The van der Waals surface area contributed by atoms with Crippen LogP contribution in [0.2, 0.25) is 0 Å². The van der Waals surface area contributed by atoms with Gasteiger partial charge in [-0.3, -0.25) is 0 Å². The minimum Gasteiger partial charge on any atom is -0.480 e. The van der Waals surface area contributed by atoms with Gasteiger partial charge in [0, 0.05) is 18.9 Å². The number of carboxylic acid groups (broad SMARTS) is 1. The Morgan fingerprint density at radius 3 is 1.97 bits per heavy atom. The van der Waals surface area contributed by atoms with Gasteiger partial charge in [-0.15, -0.1) is 0 Å². The summed E-state index contributed by atoms with van der Waals surface area (Å²) in [6.45, 7) is 5.55. The molecule has 8 nitrogen and oxygen atoms in total. The Hall–Kier alpha value is -4.33. The highest BCUT2D eigenvalue weighted by Crippen LogP contribution is 2.44. The van der Waals surface area contributed by atoms with Crippen LogP contribution in [-0.4, -0.2) is 41.5 Å². The third-order valence-electron chi connectivity index (χ3n) is 6.30. The van der Waals surface area contributed by atoms with E-state index in [0.29, 0.717) is 5.56 Å². The largest absolute Gasteiger partial charge is 0.480 e. The molecule has 0 aromatic heterocycles. The van der Waals surface area contributed by atoms with Gasteiger partial charge in [0.15, 0.2) is 0 Å². The molecule has 1 aliphatic carbocycles. The van der Waals surface area contributed by atoms with Crippen LogP contribution in [0, 0.1) is 0 Å². The Morgan fingerprint density at radius 1 is 0.842 bits per heavy atom. The average Bonchev–Trinajstić information content (AvgIpc) is 3.19. The van der Waals surface area contributed by atoms with E-state index in [1.165, 1.54) is 0 Å². The number of nitrogens with one attached hydrogen (secondary N) is 2. The van der Waals surface area contributed by atoms with Crippen molar-refractivity contribution in [2.24, 2.45) is 0 Å². The Morgan fingerprint density at radius 2 is 1.39 bits per heavy atom. The van der Waals surface area contributed by atoms with Crippen LogP contribution >= 0.6 is 0 Å². The van der Waals surface area contributed by atoms with Crippen molar-refractivity contribution in [3.63, 3.8) is 0 Å². The third kappa shape index (κ3) is 6.51. The summed E-state index contributed by atoms with van der Waals surface area (Å²) < 4.78 is 10.8. The molecule has 0 saturated carbocycles. The second-order valence-electron chi connectivity index (χ2n) is 10.2. The van der Waals surface area contributed by atoms with Gasteiger partial charge >= 0.3 is 18.2 Å². The molecule has 38 heavy (non-hydrogen) atoms. The van der Waals surface area contributed by atoms with Crippen LogP contribution in [0.25, 0.3) is 11.1 Å². The van der Waals surface area contributed by atoms with Crippen LogP contribution in [0.5, 0.6) is 0 Å². The van der Waals surface area contributed by atoms with E-state index in [-0.39, 0.29) is 25.5 Å². The Labute approximate surface area is 222 Å². The molecule has 198 valence electrons. The van der Waals surface area contributed by atoms with E-state index >= 15 is 0 Å². The molecule has 1 atom stereocenters. The minimum absolute atomic E-state index is 0.0195. The fourth-order valence-corrected chi connectivity index (χ4v) is 4.61. The molecular weight excluding hydrogens is 484 g/mol. The maximum atomic E-state index is 12.7. The normalized spacial score (nSPS) is 13.1. The first-order valence-electron chi connectivity index (χ1n) is 12.5. The zero-order valence-electron chi connectivity index (χ0n) is 21.7. The zero-order valence-corrected chi connectivity index (χ0v) is 21.7. The lowest BCUT2D eigenvalue weighted by molar-refractivity contribution is -0.139. The molecule has 8 heteroatoms. The van der Waals surface area contributed by atoms with Crippen LogP contribution in [0.1, 0.15) is 48.9 Å². The lowest BCUT2D eigenvalue weighted by atomic mass is 9.98. The molecule has 1 aliphatic rings. The molecule has 0 spiro atoms. The van der Waals surface area contributed by atoms with Gasteiger partial charge in [0.25, 0.3) is 0 Å². The number of hydrogen-bond acceptors (Lipinski definition) is 5. The number of alkyl carbamates (subject to hydrolysis) is 2. The number of benzene rings is 3. The van der Waals surface area contributed by atoms with E-state index in [2.05, 4.69) is 10.6 Å². The van der Waals surface area contributed by atoms with Crippen LogP contribution in [0.15, 0.2) is 72.8 Å². The Kier molecular flexibility index (Phi) is 8.00. The van der Waals surface area contributed by atoms with Crippen LogP contribution in [0.3, 0.4) is 0 Å². The molecule has 0 fully saturated rings. The van der Waals surface area contributed by atoms with E-state index < -0.39 is 29.8 Å². The fourth-order valence-electron chi connectivity index (χ4n) is 4.61. The first-order valence-corrected chi connectivity index (χ1v) is 12.5. The molecule has 0 saturated heterocycles. The van der Waals surface area contributed by atoms with Crippen molar-refractivity contribution in [1.82, 2.24) is 10.6 Å². The number of hydrogen-bond donors (Lipinski definition) is 3. The van der Waals surface area contributed by atoms with Crippen molar-refractivity contribution in [2.45, 2.75) is 51.3 Å². The number of aliphatic carboxylic acids is 1. The Bertz CT molecular complexity index is 1280. The van der Waals surface area contributed by atoms with Gasteiger partial charge < -0.3 is 25.2 Å². The quantitative estimate of drug-likeness (QED) is 0.377. The average molecular weight is 517 g/mol. The number of amides is 2. The summed E-state index contributed by atoms with van der Waals surface area (Å²) in [5.74, 6) is -1.32. The summed E-state index contributed by atoms with van der Waals surface area (Å²) in [7, 11) is 0. The lowest BCUT2D eigenvalue weighted by Gasteiger charge is -2.21. The first-order chi connectivity index (χ1) is 18.1. The summed E-state index contributed by atoms with van der Waals surface area (Å²) in [5, 5.41) is 15.0. The van der Waals surface area contributed by atoms with Gasteiger partial charge in [0.2, 0.25) is 0 Å². The topological polar surface area (TPSA) is 114 Å². The van der Waals surface area contributed by atoms with Crippen LogP contribution in [-0.2, 0) is 27.2 Å². The summed E-state index contributed by atoms with van der Waals surface area (Å²) >= 11 is 0. The smallest absolute Gasteiger partial charge is 0.407 e. The molecule has 3 aromatic carbocycles. The summed E-state index contributed by atoms with van der Waals surface area (Å²) in [5.41, 5.74) is 5.12. The van der Waals surface area contributed by atoms with Gasteiger partial charge in [-0.2, -0.15) is 0 Å². The summed E-state index contributed by atoms with van der Waals surface area (Å²) in [6, 6.07) is 21.9. The molecule has 0 radical (unpaired) electrons. The van der Waals surface area contributed by atoms with Gasteiger partial charge in [0.1, 0.15) is 18.2 Å². The van der Waals surface area contributed by atoms with Crippen molar-refractivity contribution in [2.75, 3.05) is 6.61 Å². The molecule has 1 unspecified atom stereocenters. The predicted molar refractivity (Wildman–Crippen MR) is 143 cm³/mol. The maximum absolute atomic E-state index is 12.7. The van der Waals surface area contributed by atoms with Crippen molar-refractivity contribution in [3.8, 4) is 11.1 Å². The summed E-state index contributed by atoms with van der Waals surface area (Å²) in [4.78, 5) is 36.7. The number of fused-ring (bicyclic) bond motifs is 3. The SMILES string of the molecule is CC(C)(C)OC(=O)NCc1ccccc1CC(NC(=O)OCC1c2ccccc2-c2ccccc21)C(=O)O. The number of carboxylic acids is 1. The van der Waals surface area contributed by atoms with Gasteiger partial charge in [-0.05, 0) is 54.2 Å². The van der Waals surface area contributed by atoms with Crippen LogP contribution < -0.4 is 10.6 Å².